The molecule has 1 atom stereocenters. The lowest BCUT2D eigenvalue weighted by Gasteiger charge is -2.18. The van der Waals surface area contributed by atoms with Crippen LogP contribution in [0, 0.1) is 0 Å². The first-order chi connectivity index (χ1) is 39.0. The molecule has 0 heterocycles. The fraction of sp³-hybridized carbons (Fsp3) is 0.658. The minimum absolute atomic E-state index is 0.103. The van der Waals surface area contributed by atoms with E-state index in [-0.39, 0.29) is 37.5 Å². The van der Waals surface area contributed by atoms with Crippen molar-refractivity contribution in [3.05, 3.63) is 134 Å². The van der Waals surface area contributed by atoms with Crippen LogP contribution in [0.5, 0.6) is 0 Å². The van der Waals surface area contributed by atoms with E-state index >= 15 is 0 Å². The molecule has 0 aromatic heterocycles. The standard InChI is InChI=1S/C73H120O6/c1-4-7-10-13-16-19-22-25-28-31-33-34-35-36-37-38-40-42-45-48-51-54-57-60-63-66-72(75)78-69-70(68-77-71(74)65-62-59-56-53-50-47-44-41-30-27-24-21-18-15-12-9-6-3)79-73(76)67-64-61-58-55-52-49-46-43-39-32-29-26-23-20-17-14-11-8-5-2/h7,9-10,12,16,18-19,21,25-30,33-34,36-37,44,47,53,56,70H,4-6,8,11,13-15,17,20,22-24,31-32,35,38-43,45-46,48-52,54-55,57-69H2,1-3H3/b10-7-,12-9-,19-16-,21-18-,28-25-,29-26-,30-27-,34-33-,37-36-,47-44-,56-53-. The normalized spacial score (nSPS) is 13.0. The molecule has 0 radical (unpaired) electrons. The highest BCUT2D eigenvalue weighted by atomic mass is 16.6. The Kier molecular flexibility index (Phi) is 62.3. The van der Waals surface area contributed by atoms with E-state index in [0.29, 0.717) is 19.3 Å². The van der Waals surface area contributed by atoms with E-state index in [1.54, 1.807) is 0 Å². The van der Waals surface area contributed by atoms with Crippen LogP contribution in [0.25, 0.3) is 0 Å². The van der Waals surface area contributed by atoms with Gasteiger partial charge in [-0.3, -0.25) is 14.4 Å². The molecule has 0 rings (SSSR count). The molecule has 0 aliphatic heterocycles. The molecule has 0 spiro atoms. The molecular weight excluding hydrogens is 973 g/mol. The van der Waals surface area contributed by atoms with Crippen molar-refractivity contribution in [3.8, 4) is 0 Å². The Bertz CT molecular complexity index is 1680. The summed E-state index contributed by atoms with van der Waals surface area (Å²) in [5.74, 6) is -0.967. The van der Waals surface area contributed by atoms with Crippen molar-refractivity contribution in [2.45, 2.75) is 297 Å². The quantitative estimate of drug-likeness (QED) is 0.0261. The number of carbonyl (C=O) groups excluding carboxylic acids is 3. The molecular formula is C73H120O6. The first kappa shape index (κ1) is 74.5. The summed E-state index contributed by atoms with van der Waals surface area (Å²) in [6.45, 7) is 6.37. The monoisotopic (exact) mass is 1090 g/mol. The smallest absolute Gasteiger partial charge is 0.306 e. The fourth-order valence-electron chi connectivity index (χ4n) is 8.79. The molecule has 79 heavy (non-hydrogen) atoms. The molecule has 6 heteroatoms. The molecule has 1 unspecified atom stereocenters. The van der Waals surface area contributed by atoms with E-state index in [1.165, 1.54) is 128 Å². The third-order valence-corrected chi connectivity index (χ3v) is 13.6. The van der Waals surface area contributed by atoms with Gasteiger partial charge in [0, 0.05) is 19.3 Å². The van der Waals surface area contributed by atoms with Crippen LogP contribution in [-0.2, 0) is 28.6 Å². The van der Waals surface area contributed by atoms with Crippen LogP contribution in [0.3, 0.4) is 0 Å². The number of allylic oxidation sites excluding steroid dienone is 22. The van der Waals surface area contributed by atoms with Crippen LogP contribution in [-0.4, -0.2) is 37.2 Å². The number of rotatable bonds is 58. The topological polar surface area (TPSA) is 78.9 Å². The number of esters is 3. The van der Waals surface area contributed by atoms with E-state index in [1.807, 2.05) is 0 Å². The van der Waals surface area contributed by atoms with Gasteiger partial charge in [0.2, 0.25) is 0 Å². The Labute approximate surface area is 487 Å². The van der Waals surface area contributed by atoms with Gasteiger partial charge >= 0.3 is 17.9 Å². The number of unbranched alkanes of at least 4 members (excludes halogenated alkanes) is 25. The molecule has 448 valence electrons. The summed E-state index contributed by atoms with van der Waals surface area (Å²) >= 11 is 0. The van der Waals surface area contributed by atoms with Crippen LogP contribution < -0.4 is 0 Å². The average molecular weight is 1090 g/mol. The van der Waals surface area contributed by atoms with Crippen LogP contribution in [0.15, 0.2) is 134 Å². The maximum atomic E-state index is 12.9. The van der Waals surface area contributed by atoms with Crippen LogP contribution in [0.2, 0.25) is 0 Å². The fourth-order valence-corrected chi connectivity index (χ4v) is 8.79. The molecule has 0 saturated heterocycles. The van der Waals surface area contributed by atoms with Crippen LogP contribution >= 0.6 is 0 Å². The third kappa shape index (κ3) is 64.3. The van der Waals surface area contributed by atoms with Gasteiger partial charge in [-0.1, -0.05) is 276 Å². The van der Waals surface area contributed by atoms with Crippen LogP contribution in [0.4, 0.5) is 0 Å². The maximum Gasteiger partial charge on any atom is 0.306 e. The molecule has 0 N–H and O–H groups in total. The molecule has 0 bridgehead atoms. The second-order valence-corrected chi connectivity index (χ2v) is 21.3. The minimum atomic E-state index is -0.811. The maximum absolute atomic E-state index is 12.9. The van der Waals surface area contributed by atoms with Crippen molar-refractivity contribution in [1.29, 1.82) is 0 Å². The lowest BCUT2D eigenvalue weighted by Crippen LogP contribution is -2.30. The van der Waals surface area contributed by atoms with Crippen molar-refractivity contribution in [2.24, 2.45) is 0 Å². The SMILES string of the molecule is CC/C=C\C/C=C\C/C=C\C/C=C\C/C=C\CCCCCCCCCCCC(=O)OCC(COC(=O)CCC/C=C\C/C=C\C/C=C\C/C=C\C/C=C\CC)OC(=O)CCCCCCCCCCC/C=C\CCCCCCCC. The summed E-state index contributed by atoms with van der Waals surface area (Å²) < 4.78 is 16.9. The van der Waals surface area contributed by atoms with Crippen LogP contribution in [0.1, 0.15) is 290 Å². The molecule has 0 aliphatic carbocycles. The van der Waals surface area contributed by atoms with Crippen molar-refractivity contribution < 1.29 is 28.6 Å². The first-order valence-electron chi connectivity index (χ1n) is 32.7. The van der Waals surface area contributed by atoms with Crippen molar-refractivity contribution >= 4 is 17.9 Å². The van der Waals surface area contributed by atoms with E-state index in [0.717, 1.165) is 116 Å². The summed E-state index contributed by atoms with van der Waals surface area (Å²) in [5.41, 5.74) is 0. The zero-order valence-electron chi connectivity index (χ0n) is 51.3. The summed E-state index contributed by atoms with van der Waals surface area (Å²) in [4.78, 5) is 38.4. The second-order valence-electron chi connectivity index (χ2n) is 21.3. The second kappa shape index (κ2) is 66.1. The highest BCUT2D eigenvalue weighted by Crippen LogP contribution is 2.15. The number of hydrogen-bond donors (Lipinski definition) is 0. The minimum Gasteiger partial charge on any atom is -0.462 e. The molecule has 0 aliphatic rings. The van der Waals surface area contributed by atoms with Gasteiger partial charge in [0.15, 0.2) is 6.10 Å². The summed E-state index contributed by atoms with van der Waals surface area (Å²) in [6, 6.07) is 0. The van der Waals surface area contributed by atoms with Gasteiger partial charge in [-0.25, -0.2) is 0 Å². The summed E-state index contributed by atoms with van der Waals surface area (Å²) in [6.07, 6.45) is 93.2. The largest absolute Gasteiger partial charge is 0.462 e. The number of hydrogen-bond acceptors (Lipinski definition) is 6. The zero-order valence-corrected chi connectivity index (χ0v) is 51.3. The molecule has 6 nitrogen and oxygen atoms in total. The van der Waals surface area contributed by atoms with E-state index in [9.17, 15) is 14.4 Å². The first-order valence-corrected chi connectivity index (χ1v) is 32.7. The number of ether oxygens (including phenoxy) is 3. The Hall–Kier alpha value is -4.45. The summed E-state index contributed by atoms with van der Waals surface area (Å²) in [7, 11) is 0. The van der Waals surface area contributed by atoms with Crippen molar-refractivity contribution in [3.63, 3.8) is 0 Å². The number of carbonyl (C=O) groups is 3. The molecule has 0 aromatic rings. The van der Waals surface area contributed by atoms with E-state index in [2.05, 4.69) is 154 Å². The Morgan fingerprint density at radius 1 is 0.266 bits per heavy atom. The van der Waals surface area contributed by atoms with Crippen molar-refractivity contribution in [1.82, 2.24) is 0 Å². The van der Waals surface area contributed by atoms with Gasteiger partial charge in [0.1, 0.15) is 13.2 Å². The highest BCUT2D eigenvalue weighted by Gasteiger charge is 2.19. The lowest BCUT2D eigenvalue weighted by atomic mass is 10.1. The molecule has 0 saturated carbocycles. The molecule has 0 aromatic carbocycles. The molecule has 0 fully saturated rings. The van der Waals surface area contributed by atoms with Crippen molar-refractivity contribution in [2.75, 3.05) is 13.2 Å². The average Bonchev–Trinajstić information content (AvgIpc) is 3.45. The third-order valence-electron chi connectivity index (χ3n) is 13.6. The zero-order chi connectivity index (χ0) is 57.1. The van der Waals surface area contributed by atoms with E-state index < -0.39 is 6.10 Å². The van der Waals surface area contributed by atoms with Gasteiger partial charge in [0.25, 0.3) is 0 Å². The highest BCUT2D eigenvalue weighted by molar-refractivity contribution is 5.71. The predicted molar refractivity (Wildman–Crippen MR) is 343 cm³/mol. The molecule has 0 amide bonds. The Morgan fingerprint density at radius 3 is 0.835 bits per heavy atom. The van der Waals surface area contributed by atoms with Gasteiger partial charge in [-0.05, 0) is 128 Å². The summed E-state index contributed by atoms with van der Waals surface area (Å²) in [5, 5.41) is 0. The Balaban J connectivity index is 4.45. The van der Waals surface area contributed by atoms with Gasteiger partial charge in [0.05, 0.1) is 0 Å². The lowest BCUT2D eigenvalue weighted by molar-refractivity contribution is -0.167. The van der Waals surface area contributed by atoms with Gasteiger partial charge < -0.3 is 14.2 Å². The Morgan fingerprint density at radius 2 is 0.506 bits per heavy atom. The predicted octanol–water partition coefficient (Wildman–Crippen LogP) is 22.5. The van der Waals surface area contributed by atoms with E-state index in [4.69, 9.17) is 14.2 Å². The van der Waals surface area contributed by atoms with Gasteiger partial charge in [-0.2, -0.15) is 0 Å². The van der Waals surface area contributed by atoms with Gasteiger partial charge in [-0.15, -0.1) is 0 Å².